The highest BCUT2D eigenvalue weighted by molar-refractivity contribution is 5.99. The largest absolute Gasteiger partial charge is 0.310 e. The molecule has 0 saturated carbocycles. The second-order valence-corrected chi connectivity index (χ2v) is 11.4. The van der Waals surface area contributed by atoms with Crippen molar-refractivity contribution < 1.29 is 0 Å². The summed E-state index contributed by atoms with van der Waals surface area (Å²) in [7, 11) is 0. The summed E-state index contributed by atoms with van der Waals surface area (Å²) >= 11 is 0. The molecular formula is C44H31N. The Bertz CT molecular complexity index is 2260. The molecule has 1 heteroatoms. The number of rotatable bonds is 6. The lowest BCUT2D eigenvalue weighted by atomic mass is 9.94. The second-order valence-electron chi connectivity index (χ2n) is 11.4. The van der Waals surface area contributed by atoms with E-state index >= 15 is 0 Å². The van der Waals surface area contributed by atoms with Gasteiger partial charge >= 0.3 is 0 Å². The Morgan fingerprint density at radius 2 is 0.844 bits per heavy atom. The first-order chi connectivity index (χ1) is 22.3. The van der Waals surface area contributed by atoms with Crippen LogP contribution >= 0.6 is 0 Å². The molecule has 8 aromatic rings. The summed E-state index contributed by atoms with van der Waals surface area (Å²) < 4.78 is 0. The second kappa shape index (κ2) is 11.6. The number of hydrogen-bond acceptors (Lipinski definition) is 1. The molecule has 0 aliphatic carbocycles. The topological polar surface area (TPSA) is 3.24 Å². The van der Waals surface area contributed by atoms with E-state index < -0.39 is 0 Å². The Kier molecular flexibility index (Phi) is 6.90. The monoisotopic (exact) mass is 573 g/mol. The van der Waals surface area contributed by atoms with Gasteiger partial charge in [0.1, 0.15) is 0 Å². The number of fused-ring (bicyclic) bond motifs is 2. The molecule has 0 fully saturated rings. The van der Waals surface area contributed by atoms with Crippen LogP contribution in [0, 0.1) is 0 Å². The first-order valence-electron chi connectivity index (χ1n) is 15.4. The van der Waals surface area contributed by atoms with Crippen molar-refractivity contribution in [2.75, 3.05) is 4.90 Å². The van der Waals surface area contributed by atoms with E-state index in [1.54, 1.807) is 0 Å². The molecule has 0 heterocycles. The van der Waals surface area contributed by atoms with E-state index in [-0.39, 0.29) is 0 Å². The lowest BCUT2D eigenvalue weighted by Gasteiger charge is -2.27. The molecule has 0 aromatic heterocycles. The molecule has 0 aliphatic rings. The van der Waals surface area contributed by atoms with E-state index in [2.05, 4.69) is 193 Å². The molecule has 0 saturated heterocycles. The van der Waals surface area contributed by atoms with Gasteiger partial charge in [0.2, 0.25) is 0 Å². The van der Waals surface area contributed by atoms with E-state index in [1.165, 1.54) is 54.9 Å². The van der Waals surface area contributed by atoms with Crippen molar-refractivity contribution in [3.63, 3.8) is 0 Å². The zero-order valence-corrected chi connectivity index (χ0v) is 24.8. The average molecular weight is 574 g/mol. The number of benzene rings is 8. The maximum atomic E-state index is 2.39. The van der Waals surface area contributed by atoms with Crippen LogP contribution in [0.1, 0.15) is 0 Å². The van der Waals surface area contributed by atoms with Gasteiger partial charge in [0, 0.05) is 16.8 Å². The van der Waals surface area contributed by atoms with Crippen LogP contribution in [0.5, 0.6) is 0 Å². The standard InChI is InChI=1S/C44H31N/c1-2-13-33(14-3-1)41-20-8-9-21-42(41)35-26-28-39(29-27-35)45(44-23-11-17-34-15-6-7-22-43(34)44)40-19-10-18-37(31-40)38-25-24-32-12-4-5-16-36(32)30-38/h1-31H. The Labute approximate surface area is 264 Å². The molecular weight excluding hydrogens is 542 g/mol. The van der Waals surface area contributed by atoms with Crippen LogP contribution in [0.15, 0.2) is 188 Å². The van der Waals surface area contributed by atoms with Crippen molar-refractivity contribution in [3.8, 4) is 33.4 Å². The Morgan fingerprint density at radius 1 is 0.289 bits per heavy atom. The van der Waals surface area contributed by atoms with Crippen LogP contribution in [0.3, 0.4) is 0 Å². The maximum absolute atomic E-state index is 2.39. The summed E-state index contributed by atoms with van der Waals surface area (Å²) in [6.07, 6.45) is 0. The van der Waals surface area contributed by atoms with Crippen molar-refractivity contribution >= 4 is 38.6 Å². The fourth-order valence-electron chi connectivity index (χ4n) is 6.42. The van der Waals surface area contributed by atoms with E-state index in [0.29, 0.717) is 0 Å². The van der Waals surface area contributed by atoms with Gasteiger partial charge < -0.3 is 4.90 Å². The summed E-state index contributed by atoms with van der Waals surface area (Å²) in [4.78, 5) is 2.39. The zero-order valence-electron chi connectivity index (χ0n) is 24.8. The highest BCUT2D eigenvalue weighted by Crippen LogP contribution is 2.41. The Hall–Kier alpha value is -5.92. The Balaban J connectivity index is 1.26. The smallest absolute Gasteiger partial charge is 0.0540 e. The molecule has 1 nitrogen and oxygen atoms in total. The van der Waals surface area contributed by atoms with Crippen LogP contribution < -0.4 is 4.90 Å². The molecule has 212 valence electrons. The first-order valence-corrected chi connectivity index (χ1v) is 15.4. The quantitative estimate of drug-likeness (QED) is 0.191. The number of nitrogens with zero attached hydrogens (tertiary/aromatic N) is 1. The SMILES string of the molecule is c1ccc(-c2ccccc2-c2ccc(N(c3cccc(-c4ccc5ccccc5c4)c3)c3cccc4ccccc34)cc2)cc1. The molecule has 8 rings (SSSR count). The highest BCUT2D eigenvalue weighted by Gasteiger charge is 2.17. The van der Waals surface area contributed by atoms with Crippen LogP contribution in [-0.2, 0) is 0 Å². The first kappa shape index (κ1) is 26.7. The maximum Gasteiger partial charge on any atom is 0.0540 e. The Morgan fingerprint density at radius 3 is 1.64 bits per heavy atom. The van der Waals surface area contributed by atoms with Gasteiger partial charge in [0.15, 0.2) is 0 Å². The van der Waals surface area contributed by atoms with Crippen molar-refractivity contribution in [3.05, 3.63) is 188 Å². The molecule has 0 N–H and O–H groups in total. The van der Waals surface area contributed by atoms with E-state index in [1.807, 2.05) is 0 Å². The zero-order chi connectivity index (χ0) is 30.0. The summed E-state index contributed by atoms with van der Waals surface area (Å²) in [5.41, 5.74) is 10.7. The highest BCUT2D eigenvalue weighted by atomic mass is 15.1. The predicted molar refractivity (Wildman–Crippen MR) is 192 cm³/mol. The molecule has 0 spiro atoms. The molecule has 0 radical (unpaired) electrons. The minimum atomic E-state index is 1.11. The van der Waals surface area contributed by atoms with Gasteiger partial charge in [-0.1, -0.05) is 152 Å². The third kappa shape index (κ3) is 5.15. The summed E-state index contributed by atoms with van der Waals surface area (Å²) in [5, 5.41) is 4.94. The van der Waals surface area contributed by atoms with Gasteiger partial charge in [-0.2, -0.15) is 0 Å². The summed E-state index contributed by atoms with van der Waals surface area (Å²) in [6.45, 7) is 0. The average Bonchev–Trinajstić information content (AvgIpc) is 3.12. The van der Waals surface area contributed by atoms with Gasteiger partial charge in [-0.25, -0.2) is 0 Å². The van der Waals surface area contributed by atoms with Gasteiger partial charge in [-0.05, 0) is 85.9 Å². The van der Waals surface area contributed by atoms with Crippen LogP contribution in [0.25, 0.3) is 54.9 Å². The lowest BCUT2D eigenvalue weighted by molar-refractivity contribution is 1.30. The van der Waals surface area contributed by atoms with E-state index in [9.17, 15) is 0 Å². The molecule has 45 heavy (non-hydrogen) atoms. The van der Waals surface area contributed by atoms with Crippen LogP contribution in [0.2, 0.25) is 0 Å². The van der Waals surface area contributed by atoms with Gasteiger partial charge in [0.05, 0.1) is 5.69 Å². The lowest BCUT2D eigenvalue weighted by Crippen LogP contribution is -2.10. The van der Waals surface area contributed by atoms with Crippen molar-refractivity contribution in [2.45, 2.75) is 0 Å². The van der Waals surface area contributed by atoms with E-state index in [4.69, 9.17) is 0 Å². The fraction of sp³-hybridized carbons (Fsp3) is 0. The molecule has 8 aromatic carbocycles. The number of hydrogen-bond donors (Lipinski definition) is 0. The molecule has 0 bridgehead atoms. The van der Waals surface area contributed by atoms with Gasteiger partial charge in [-0.3, -0.25) is 0 Å². The normalized spacial score (nSPS) is 11.1. The third-order valence-electron chi connectivity index (χ3n) is 8.64. The van der Waals surface area contributed by atoms with Crippen LogP contribution in [0.4, 0.5) is 17.1 Å². The molecule has 0 aliphatic heterocycles. The van der Waals surface area contributed by atoms with Crippen molar-refractivity contribution in [1.29, 1.82) is 0 Å². The molecule has 0 atom stereocenters. The van der Waals surface area contributed by atoms with Crippen molar-refractivity contribution in [2.24, 2.45) is 0 Å². The molecule has 0 unspecified atom stereocenters. The molecule has 0 amide bonds. The van der Waals surface area contributed by atoms with Crippen molar-refractivity contribution in [1.82, 2.24) is 0 Å². The van der Waals surface area contributed by atoms with Gasteiger partial charge in [0.25, 0.3) is 0 Å². The fourth-order valence-corrected chi connectivity index (χ4v) is 6.42. The minimum Gasteiger partial charge on any atom is -0.310 e. The number of anilines is 3. The summed E-state index contributed by atoms with van der Waals surface area (Å²) in [5.74, 6) is 0. The third-order valence-corrected chi connectivity index (χ3v) is 8.64. The van der Waals surface area contributed by atoms with Crippen LogP contribution in [-0.4, -0.2) is 0 Å². The predicted octanol–water partition coefficient (Wildman–Crippen LogP) is 12.5. The van der Waals surface area contributed by atoms with Gasteiger partial charge in [-0.15, -0.1) is 0 Å². The summed E-state index contributed by atoms with van der Waals surface area (Å²) in [6, 6.07) is 67.7. The van der Waals surface area contributed by atoms with E-state index in [0.717, 1.165) is 17.1 Å². The minimum absolute atomic E-state index is 1.11.